The lowest BCUT2D eigenvalue weighted by atomic mass is 10.1. The molecule has 2 aromatic rings. The molecule has 4 rings (SSSR count). The Hall–Kier alpha value is -4.04. The number of piperazine rings is 1. The fourth-order valence-corrected chi connectivity index (χ4v) is 3.61. The Bertz CT molecular complexity index is 1170. The number of hydrogen-bond donors (Lipinski definition) is 1. The molecule has 0 spiro atoms. The molecule has 0 atom stereocenters. The van der Waals surface area contributed by atoms with Crippen LogP contribution in [0.5, 0.6) is 5.75 Å². The van der Waals surface area contributed by atoms with Crippen LogP contribution in [0.3, 0.4) is 0 Å². The molecule has 2 aliphatic rings. The third kappa shape index (κ3) is 5.91. The summed E-state index contributed by atoms with van der Waals surface area (Å²) in [6.45, 7) is 2.47. The molecule has 11 heteroatoms. The molecule has 0 radical (unpaired) electrons. The summed E-state index contributed by atoms with van der Waals surface area (Å²) >= 11 is 0. The highest BCUT2D eigenvalue weighted by Gasteiger charge is 2.24. The zero-order chi connectivity index (χ0) is 24.9. The molecule has 0 unspecified atom stereocenters. The molecule has 1 N–H and O–H groups in total. The zero-order valence-electron chi connectivity index (χ0n) is 19.7. The van der Waals surface area contributed by atoms with E-state index in [2.05, 4.69) is 15.3 Å². The van der Waals surface area contributed by atoms with Crippen LogP contribution < -0.4 is 15.0 Å². The maximum atomic E-state index is 12.8. The molecule has 3 amide bonds. The molecule has 1 aliphatic carbocycles. The van der Waals surface area contributed by atoms with Crippen LogP contribution in [0.15, 0.2) is 24.4 Å². The average molecular weight is 478 g/mol. The molecular formula is C24H27N7O4. The van der Waals surface area contributed by atoms with Crippen molar-refractivity contribution in [3.63, 3.8) is 0 Å². The van der Waals surface area contributed by atoms with E-state index in [-0.39, 0.29) is 29.8 Å². The number of nitrogens with one attached hydrogen (secondary N) is 1. The number of aromatic nitrogens is 2. The predicted molar refractivity (Wildman–Crippen MR) is 127 cm³/mol. The van der Waals surface area contributed by atoms with Crippen molar-refractivity contribution >= 4 is 29.9 Å². The summed E-state index contributed by atoms with van der Waals surface area (Å²) in [5.74, 6) is 1.36. The van der Waals surface area contributed by atoms with Gasteiger partial charge in [0.2, 0.25) is 5.91 Å². The van der Waals surface area contributed by atoms with E-state index in [0.717, 1.165) is 19.4 Å². The summed E-state index contributed by atoms with van der Waals surface area (Å²) in [4.78, 5) is 50.1. The van der Waals surface area contributed by atoms with E-state index >= 15 is 0 Å². The Morgan fingerprint density at radius 2 is 2.17 bits per heavy atom. The number of ether oxygens (including phenoxy) is 1. The third-order valence-electron chi connectivity index (χ3n) is 6.02. The van der Waals surface area contributed by atoms with Crippen molar-refractivity contribution in [2.45, 2.75) is 19.4 Å². The van der Waals surface area contributed by atoms with Crippen LogP contribution in [0.2, 0.25) is 0 Å². The minimum absolute atomic E-state index is 0.00781. The van der Waals surface area contributed by atoms with Crippen LogP contribution in [0.25, 0.3) is 0 Å². The number of rotatable bonds is 8. The van der Waals surface area contributed by atoms with Gasteiger partial charge in [0.25, 0.3) is 0 Å². The van der Waals surface area contributed by atoms with Gasteiger partial charge in [0.05, 0.1) is 19.3 Å². The van der Waals surface area contributed by atoms with Crippen molar-refractivity contribution in [1.29, 1.82) is 5.26 Å². The lowest BCUT2D eigenvalue weighted by molar-refractivity contribution is -0.136. The van der Waals surface area contributed by atoms with Gasteiger partial charge >= 0.3 is 6.03 Å². The number of urea groups is 1. The molecule has 1 aliphatic heterocycles. The van der Waals surface area contributed by atoms with Gasteiger partial charge in [-0.1, -0.05) is 6.07 Å². The summed E-state index contributed by atoms with van der Waals surface area (Å²) in [6, 6.07) is 6.36. The first-order valence-corrected chi connectivity index (χ1v) is 11.4. The van der Waals surface area contributed by atoms with E-state index < -0.39 is 6.03 Å². The monoisotopic (exact) mass is 477 g/mol. The summed E-state index contributed by atoms with van der Waals surface area (Å²) in [5.41, 5.74) is 1.08. The predicted octanol–water partition coefficient (Wildman–Crippen LogP) is 1.89. The van der Waals surface area contributed by atoms with Crippen molar-refractivity contribution < 1.29 is 19.1 Å². The van der Waals surface area contributed by atoms with E-state index in [4.69, 9.17) is 4.74 Å². The molecule has 1 saturated carbocycles. The zero-order valence-corrected chi connectivity index (χ0v) is 19.7. The number of nitrogens with zero attached hydrogens (tertiary/aromatic N) is 6. The lowest BCUT2D eigenvalue weighted by Crippen LogP contribution is -2.48. The van der Waals surface area contributed by atoms with Crippen LogP contribution in [0, 0.1) is 17.2 Å². The van der Waals surface area contributed by atoms with Crippen LogP contribution in [0.1, 0.15) is 34.5 Å². The number of likely N-dealkylation sites (N-methyl/N-ethyl adjacent to an activating group) is 1. The molecule has 0 aromatic carbocycles. The number of carbonyl (C=O) groups excluding carboxylic acids is 3. The smallest absolute Gasteiger partial charge is 0.328 e. The molecule has 0 bridgehead atoms. The molecule has 2 aromatic heterocycles. The van der Waals surface area contributed by atoms with Gasteiger partial charge in [0.1, 0.15) is 34.7 Å². The van der Waals surface area contributed by atoms with Gasteiger partial charge in [-0.2, -0.15) is 5.26 Å². The number of anilines is 2. The molecule has 1 saturated heterocycles. The number of pyridine rings is 2. The lowest BCUT2D eigenvalue weighted by Gasteiger charge is -2.32. The van der Waals surface area contributed by atoms with Crippen molar-refractivity contribution in [2.75, 3.05) is 50.6 Å². The number of aldehydes is 1. The first-order valence-electron chi connectivity index (χ1n) is 11.4. The number of hydrogen-bond acceptors (Lipinski definition) is 8. The fraction of sp³-hybridized carbons (Fsp3) is 0.417. The normalized spacial score (nSPS) is 15.9. The highest BCUT2D eigenvalue weighted by molar-refractivity contribution is 6.00. The van der Waals surface area contributed by atoms with Crippen molar-refractivity contribution in [1.82, 2.24) is 19.8 Å². The first kappa shape index (κ1) is 24.1. The van der Waals surface area contributed by atoms with Gasteiger partial charge < -0.3 is 9.64 Å². The van der Waals surface area contributed by atoms with E-state index in [1.54, 1.807) is 17.0 Å². The standard InChI is InChI=1S/C24H27N7O4/c1-29-7-8-31(23(33)13-29)12-17-5-6-22(27-19(17)14-32)30(2)24(34)28-21-9-20(18(10-25)11-26-21)35-15-16-3-4-16/h5-6,9,11,14,16H,3-4,7-8,12-13,15H2,1-2H3,(H,26,28,34). The van der Waals surface area contributed by atoms with Gasteiger partial charge in [-0.25, -0.2) is 14.8 Å². The SMILES string of the molecule is CN1CCN(Cc2ccc(N(C)C(=O)Nc3cc(OCC4CC4)c(C#N)cn3)nc2C=O)C(=O)C1. The second-order valence-electron chi connectivity index (χ2n) is 8.81. The van der Waals surface area contributed by atoms with E-state index in [0.29, 0.717) is 48.8 Å². The largest absolute Gasteiger partial charge is 0.492 e. The second kappa shape index (κ2) is 10.5. The highest BCUT2D eigenvalue weighted by atomic mass is 16.5. The summed E-state index contributed by atoms with van der Waals surface area (Å²) in [5, 5.41) is 11.9. The maximum Gasteiger partial charge on any atom is 0.328 e. The van der Waals surface area contributed by atoms with E-state index in [9.17, 15) is 19.6 Å². The molecule has 3 heterocycles. The Morgan fingerprint density at radius 3 is 2.86 bits per heavy atom. The van der Waals surface area contributed by atoms with Crippen LogP contribution in [0.4, 0.5) is 16.4 Å². The van der Waals surface area contributed by atoms with Crippen LogP contribution in [-0.4, -0.2) is 78.3 Å². The van der Waals surface area contributed by atoms with Gasteiger partial charge in [-0.15, -0.1) is 0 Å². The summed E-state index contributed by atoms with van der Waals surface area (Å²) < 4.78 is 5.73. The topological polar surface area (TPSA) is 132 Å². The van der Waals surface area contributed by atoms with E-state index in [1.165, 1.54) is 24.2 Å². The first-order chi connectivity index (χ1) is 16.9. The van der Waals surface area contributed by atoms with Gasteiger partial charge in [-0.05, 0) is 31.9 Å². The van der Waals surface area contributed by atoms with Crippen LogP contribution in [-0.2, 0) is 11.3 Å². The van der Waals surface area contributed by atoms with Crippen molar-refractivity contribution in [3.8, 4) is 11.8 Å². The van der Waals surface area contributed by atoms with Gasteiger partial charge in [0, 0.05) is 38.3 Å². The Labute approximate surface area is 203 Å². The molecule has 11 nitrogen and oxygen atoms in total. The maximum absolute atomic E-state index is 12.8. The van der Waals surface area contributed by atoms with Gasteiger partial charge in [-0.3, -0.25) is 24.7 Å². The average Bonchev–Trinajstić information content (AvgIpc) is 3.69. The number of nitriles is 1. The van der Waals surface area contributed by atoms with Crippen molar-refractivity contribution in [3.05, 3.63) is 41.2 Å². The Kier molecular flexibility index (Phi) is 7.22. The number of amides is 3. The molecule has 35 heavy (non-hydrogen) atoms. The Morgan fingerprint density at radius 1 is 1.37 bits per heavy atom. The van der Waals surface area contributed by atoms with Crippen LogP contribution >= 0.6 is 0 Å². The molecule has 182 valence electrons. The minimum atomic E-state index is -0.526. The van der Waals surface area contributed by atoms with Crippen molar-refractivity contribution in [2.24, 2.45) is 5.92 Å². The number of carbonyl (C=O) groups is 3. The molecule has 2 fully saturated rings. The van der Waals surface area contributed by atoms with Gasteiger partial charge in [0.15, 0.2) is 6.29 Å². The third-order valence-corrected chi connectivity index (χ3v) is 6.02. The Balaban J connectivity index is 1.44. The quantitative estimate of drug-likeness (QED) is 0.570. The fourth-order valence-electron chi connectivity index (χ4n) is 3.61. The molecular weight excluding hydrogens is 450 g/mol. The van der Waals surface area contributed by atoms with E-state index in [1.807, 2.05) is 18.0 Å². The summed E-state index contributed by atoms with van der Waals surface area (Å²) in [7, 11) is 3.41. The minimum Gasteiger partial charge on any atom is -0.492 e. The second-order valence-corrected chi connectivity index (χ2v) is 8.81. The summed E-state index contributed by atoms with van der Waals surface area (Å²) in [6.07, 6.45) is 4.20. The highest BCUT2D eigenvalue weighted by Crippen LogP contribution is 2.31.